The molecule has 0 bridgehead atoms. The van der Waals surface area contributed by atoms with Gasteiger partial charge in [0, 0.05) is 29.9 Å². The van der Waals surface area contributed by atoms with Crippen molar-refractivity contribution in [1.29, 1.82) is 0 Å². The Morgan fingerprint density at radius 1 is 1.09 bits per heavy atom. The molecule has 1 aromatic heterocycles. The quantitative estimate of drug-likeness (QED) is 0.409. The summed E-state index contributed by atoms with van der Waals surface area (Å²) < 4.78 is 13.1. The molecular weight excluding hydrogens is 428 g/mol. The van der Waals surface area contributed by atoms with E-state index >= 15 is 0 Å². The maximum atomic E-state index is 13.0. The van der Waals surface area contributed by atoms with Gasteiger partial charge in [-0.05, 0) is 36.6 Å². The van der Waals surface area contributed by atoms with E-state index in [4.69, 9.17) is 21.1 Å². The Kier molecular flexibility index (Phi) is 8.45. The highest BCUT2D eigenvalue weighted by Gasteiger charge is 2.30. The Labute approximate surface area is 193 Å². The predicted octanol–water partition coefficient (Wildman–Crippen LogP) is 4.86. The van der Waals surface area contributed by atoms with E-state index in [1.807, 2.05) is 48.9 Å². The van der Waals surface area contributed by atoms with Gasteiger partial charge >= 0.3 is 11.9 Å². The van der Waals surface area contributed by atoms with Gasteiger partial charge in [0.15, 0.2) is 0 Å². The lowest BCUT2D eigenvalue weighted by Crippen LogP contribution is -2.31. The minimum atomic E-state index is -0.477. The number of hydrogen-bond acceptors (Lipinski definition) is 5. The summed E-state index contributed by atoms with van der Waals surface area (Å²) in [5, 5.41) is 0.460. The second kappa shape index (κ2) is 11.5. The van der Waals surface area contributed by atoms with Crippen LogP contribution in [0, 0.1) is 11.8 Å². The SMILES string of the molecule is CC[C@H](C(=O)OCc1ccccc1)[C@H](COC(=O)c1cccc(Cl)c1)Cc1cncn1C. The third-order valence-electron chi connectivity index (χ3n) is 5.41. The lowest BCUT2D eigenvalue weighted by molar-refractivity contribution is -0.152. The summed E-state index contributed by atoms with van der Waals surface area (Å²) in [7, 11) is 1.89. The third-order valence-corrected chi connectivity index (χ3v) is 5.65. The van der Waals surface area contributed by atoms with Crippen molar-refractivity contribution in [3.05, 3.63) is 89.0 Å². The number of carbonyl (C=O) groups is 2. The molecule has 2 aromatic carbocycles. The topological polar surface area (TPSA) is 70.4 Å². The van der Waals surface area contributed by atoms with Crippen LogP contribution in [0.3, 0.4) is 0 Å². The molecule has 0 spiro atoms. The van der Waals surface area contributed by atoms with Crippen molar-refractivity contribution >= 4 is 23.5 Å². The van der Waals surface area contributed by atoms with Gasteiger partial charge in [-0.2, -0.15) is 0 Å². The Balaban J connectivity index is 1.71. The summed E-state index contributed by atoms with van der Waals surface area (Å²) in [5.74, 6) is -1.47. The van der Waals surface area contributed by atoms with Crippen molar-refractivity contribution in [3.8, 4) is 0 Å². The van der Waals surface area contributed by atoms with E-state index in [9.17, 15) is 9.59 Å². The number of aromatic nitrogens is 2. The van der Waals surface area contributed by atoms with Crippen LogP contribution in [0.25, 0.3) is 0 Å². The predicted molar refractivity (Wildman–Crippen MR) is 122 cm³/mol. The maximum absolute atomic E-state index is 13.0. The fraction of sp³-hybridized carbons (Fsp3) is 0.320. The van der Waals surface area contributed by atoms with Crippen LogP contribution < -0.4 is 0 Å². The summed E-state index contributed by atoms with van der Waals surface area (Å²) in [6.45, 7) is 2.22. The van der Waals surface area contributed by atoms with Crippen LogP contribution in [-0.4, -0.2) is 28.1 Å². The molecular formula is C25H27ClN2O4. The molecule has 1 heterocycles. The van der Waals surface area contributed by atoms with Crippen molar-refractivity contribution < 1.29 is 19.1 Å². The summed E-state index contributed by atoms with van der Waals surface area (Å²) in [5.41, 5.74) is 2.24. The number of imidazole rings is 1. The number of carbonyl (C=O) groups excluding carboxylic acids is 2. The average molecular weight is 455 g/mol. The van der Waals surface area contributed by atoms with E-state index < -0.39 is 11.9 Å². The molecule has 6 nitrogen and oxygen atoms in total. The fourth-order valence-electron chi connectivity index (χ4n) is 3.58. The van der Waals surface area contributed by atoms with Crippen LogP contribution in [0.5, 0.6) is 0 Å². The first kappa shape index (κ1) is 23.5. The molecule has 168 valence electrons. The second-order valence-corrected chi connectivity index (χ2v) is 8.11. The zero-order valence-electron chi connectivity index (χ0n) is 18.2. The lowest BCUT2D eigenvalue weighted by Gasteiger charge is -2.25. The van der Waals surface area contributed by atoms with Crippen molar-refractivity contribution in [1.82, 2.24) is 9.55 Å². The van der Waals surface area contributed by atoms with Gasteiger partial charge in [-0.25, -0.2) is 9.78 Å². The number of benzene rings is 2. The van der Waals surface area contributed by atoms with Crippen molar-refractivity contribution in [2.45, 2.75) is 26.4 Å². The summed E-state index contributed by atoms with van der Waals surface area (Å²) in [6, 6.07) is 16.1. The first-order chi connectivity index (χ1) is 15.5. The number of hydrogen-bond donors (Lipinski definition) is 0. The maximum Gasteiger partial charge on any atom is 0.338 e. The molecule has 3 aromatic rings. The number of rotatable bonds is 10. The van der Waals surface area contributed by atoms with E-state index in [0.29, 0.717) is 23.4 Å². The number of ether oxygens (including phenoxy) is 2. The number of aryl methyl sites for hydroxylation is 1. The van der Waals surface area contributed by atoms with E-state index in [1.54, 1.807) is 36.8 Å². The summed E-state index contributed by atoms with van der Waals surface area (Å²) in [4.78, 5) is 29.7. The number of halogens is 1. The third kappa shape index (κ3) is 6.44. The van der Waals surface area contributed by atoms with Crippen LogP contribution in [0.4, 0.5) is 0 Å². The van der Waals surface area contributed by atoms with E-state index in [1.165, 1.54) is 0 Å². The largest absolute Gasteiger partial charge is 0.462 e. The molecule has 7 heteroatoms. The number of esters is 2. The first-order valence-corrected chi connectivity index (χ1v) is 10.9. The molecule has 0 N–H and O–H groups in total. The van der Waals surface area contributed by atoms with Gasteiger partial charge in [-0.15, -0.1) is 0 Å². The summed E-state index contributed by atoms with van der Waals surface area (Å²) in [6.07, 6.45) is 4.55. The van der Waals surface area contributed by atoms with Gasteiger partial charge in [-0.3, -0.25) is 4.79 Å². The minimum Gasteiger partial charge on any atom is -0.462 e. The van der Waals surface area contributed by atoms with Crippen molar-refractivity contribution in [3.63, 3.8) is 0 Å². The molecule has 0 aliphatic heterocycles. The van der Waals surface area contributed by atoms with Crippen LogP contribution in [0.2, 0.25) is 5.02 Å². The summed E-state index contributed by atoms with van der Waals surface area (Å²) >= 11 is 5.98. The molecule has 0 saturated carbocycles. The van der Waals surface area contributed by atoms with Crippen molar-refractivity contribution in [2.24, 2.45) is 18.9 Å². The van der Waals surface area contributed by atoms with E-state index in [-0.39, 0.29) is 25.1 Å². The Bertz CT molecular complexity index is 1040. The van der Waals surface area contributed by atoms with Crippen molar-refractivity contribution in [2.75, 3.05) is 6.61 Å². The van der Waals surface area contributed by atoms with E-state index in [0.717, 1.165) is 11.3 Å². The van der Waals surface area contributed by atoms with Crippen LogP contribution in [-0.2, 0) is 34.3 Å². The lowest BCUT2D eigenvalue weighted by atomic mass is 9.87. The van der Waals surface area contributed by atoms with Gasteiger partial charge in [0.05, 0.1) is 24.4 Å². The molecule has 0 fully saturated rings. The molecule has 0 aliphatic carbocycles. The Morgan fingerprint density at radius 3 is 2.53 bits per heavy atom. The highest BCUT2D eigenvalue weighted by molar-refractivity contribution is 6.30. The highest BCUT2D eigenvalue weighted by atomic mass is 35.5. The highest BCUT2D eigenvalue weighted by Crippen LogP contribution is 2.24. The fourth-order valence-corrected chi connectivity index (χ4v) is 3.77. The average Bonchev–Trinajstić information content (AvgIpc) is 3.21. The van der Waals surface area contributed by atoms with Gasteiger partial charge in [0.1, 0.15) is 6.61 Å². The Hall–Kier alpha value is -3.12. The molecule has 0 amide bonds. The number of nitrogens with zero attached hydrogens (tertiary/aromatic N) is 2. The van der Waals surface area contributed by atoms with E-state index in [2.05, 4.69) is 4.98 Å². The molecule has 3 rings (SSSR count). The van der Waals surface area contributed by atoms with Gasteiger partial charge < -0.3 is 14.0 Å². The normalized spacial score (nSPS) is 12.7. The van der Waals surface area contributed by atoms with Gasteiger partial charge in [0.25, 0.3) is 0 Å². The minimum absolute atomic E-state index is 0.0788. The molecule has 0 radical (unpaired) electrons. The van der Waals surface area contributed by atoms with Crippen LogP contribution >= 0.6 is 11.6 Å². The standard InChI is InChI=1S/C25H27ClN2O4/c1-3-23(25(30)31-15-18-8-5-4-6-9-18)20(13-22-14-27-17-28(22)2)16-32-24(29)19-10-7-11-21(26)12-19/h4-12,14,17,20,23H,3,13,15-16H2,1-2H3/t20-,23-/m0/s1. The van der Waals surface area contributed by atoms with Gasteiger partial charge in [0.2, 0.25) is 0 Å². The zero-order chi connectivity index (χ0) is 22.9. The second-order valence-electron chi connectivity index (χ2n) is 7.68. The molecule has 0 aliphatic rings. The van der Waals surface area contributed by atoms with Gasteiger partial charge in [-0.1, -0.05) is 54.9 Å². The molecule has 2 atom stereocenters. The van der Waals surface area contributed by atoms with Crippen LogP contribution in [0.1, 0.15) is 35.0 Å². The molecule has 32 heavy (non-hydrogen) atoms. The van der Waals surface area contributed by atoms with Crippen LogP contribution in [0.15, 0.2) is 67.1 Å². The zero-order valence-corrected chi connectivity index (χ0v) is 19.0. The first-order valence-electron chi connectivity index (χ1n) is 10.6. The monoisotopic (exact) mass is 454 g/mol. The Morgan fingerprint density at radius 2 is 1.88 bits per heavy atom. The molecule has 0 saturated heterocycles. The molecule has 0 unspecified atom stereocenters. The smallest absolute Gasteiger partial charge is 0.338 e.